The molecule has 6 heteroatoms. The predicted octanol–water partition coefficient (Wildman–Crippen LogP) is 2.51. The monoisotopic (exact) mass is 294 g/mol. The Labute approximate surface area is 122 Å². The molecule has 0 aliphatic carbocycles. The Morgan fingerprint density at radius 2 is 2.20 bits per heavy atom. The third-order valence-electron chi connectivity index (χ3n) is 3.21. The van der Waals surface area contributed by atoms with E-state index in [1.54, 1.807) is 17.4 Å². The van der Waals surface area contributed by atoms with E-state index in [1.165, 1.54) is 17.1 Å². The van der Waals surface area contributed by atoms with Crippen molar-refractivity contribution in [3.05, 3.63) is 45.9 Å². The molecule has 0 spiro atoms. The van der Waals surface area contributed by atoms with Crippen LogP contribution in [0.3, 0.4) is 0 Å². The van der Waals surface area contributed by atoms with E-state index in [0.29, 0.717) is 0 Å². The van der Waals surface area contributed by atoms with Crippen molar-refractivity contribution in [2.75, 3.05) is 13.6 Å². The van der Waals surface area contributed by atoms with Gasteiger partial charge in [-0.2, -0.15) is 0 Å². The van der Waals surface area contributed by atoms with Crippen LogP contribution in [0, 0.1) is 12.7 Å². The summed E-state index contributed by atoms with van der Waals surface area (Å²) < 4.78 is 12.8. The molecule has 0 aliphatic heterocycles. The van der Waals surface area contributed by atoms with Gasteiger partial charge < -0.3 is 10.6 Å². The second-order valence-electron chi connectivity index (χ2n) is 4.90. The lowest BCUT2D eigenvalue weighted by Gasteiger charge is -2.18. The molecule has 20 heavy (non-hydrogen) atoms. The zero-order valence-corrected chi connectivity index (χ0v) is 12.5. The number of aromatic nitrogens is 2. The molecular weight excluding hydrogens is 275 g/mol. The number of aryl methyl sites for hydroxylation is 1. The summed E-state index contributed by atoms with van der Waals surface area (Å²) in [6.45, 7) is 3.76. The van der Waals surface area contributed by atoms with Gasteiger partial charge in [0.25, 0.3) is 0 Å². The van der Waals surface area contributed by atoms with Crippen LogP contribution in [-0.4, -0.2) is 28.5 Å². The highest BCUT2D eigenvalue weighted by molar-refractivity contribution is 7.09. The third kappa shape index (κ3) is 4.06. The first-order valence-corrected chi connectivity index (χ1v) is 7.38. The fourth-order valence-electron chi connectivity index (χ4n) is 1.92. The first kappa shape index (κ1) is 15.0. The number of pyridine rings is 1. The van der Waals surface area contributed by atoms with Gasteiger partial charge in [-0.15, -0.1) is 11.3 Å². The third-order valence-corrected chi connectivity index (χ3v) is 4.13. The normalized spacial score (nSPS) is 12.8. The maximum Gasteiger partial charge on any atom is 0.141 e. The fraction of sp³-hybridized carbons (Fsp3) is 0.429. The zero-order chi connectivity index (χ0) is 14.5. The van der Waals surface area contributed by atoms with Crippen LogP contribution >= 0.6 is 11.3 Å². The fourth-order valence-corrected chi connectivity index (χ4v) is 2.77. The van der Waals surface area contributed by atoms with Crippen molar-refractivity contribution in [2.24, 2.45) is 5.73 Å². The van der Waals surface area contributed by atoms with E-state index in [4.69, 9.17) is 5.73 Å². The number of hydrogen-bond acceptors (Lipinski definition) is 5. The number of nitrogens with zero attached hydrogens (tertiary/aromatic N) is 3. The lowest BCUT2D eigenvalue weighted by molar-refractivity contribution is 0.312. The largest absolute Gasteiger partial charge is 0.323 e. The number of thiazole rings is 1. The molecule has 4 nitrogen and oxygen atoms in total. The Morgan fingerprint density at radius 1 is 1.40 bits per heavy atom. The number of hydrogen-bond donors (Lipinski definition) is 1. The lowest BCUT2D eigenvalue weighted by atomic mass is 10.1. The van der Waals surface area contributed by atoms with Crippen LogP contribution in [0.1, 0.15) is 28.7 Å². The van der Waals surface area contributed by atoms with E-state index in [9.17, 15) is 4.39 Å². The second kappa shape index (κ2) is 6.88. The molecule has 0 bridgehead atoms. The quantitative estimate of drug-likeness (QED) is 0.889. The molecule has 2 aromatic heterocycles. The minimum Gasteiger partial charge on any atom is -0.323 e. The molecule has 0 saturated heterocycles. The zero-order valence-electron chi connectivity index (χ0n) is 11.7. The summed E-state index contributed by atoms with van der Waals surface area (Å²) in [5, 5.41) is 0. The highest BCUT2D eigenvalue weighted by atomic mass is 32.1. The van der Waals surface area contributed by atoms with Crippen LogP contribution in [0.15, 0.2) is 23.8 Å². The van der Waals surface area contributed by atoms with E-state index >= 15 is 0 Å². The smallest absolute Gasteiger partial charge is 0.141 e. The van der Waals surface area contributed by atoms with Gasteiger partial charge >= 0.3 is 0 Å². The maximum atomic E-state index is 12.8. The summed E-state index contributed by atoms with van der Waals surface area (Å²) in [4.78, 5) is 11.8. The molecule has 0 radical (unpaired) electrons. The molecule has 2 N–H and O–H groups in total. The molecule has 1 unspecified atom stereocenters. The van der Waals surface area contributed by atoms with Crippen LogP contribution < -0.4 is 5.73 Å². The van der Waals surface area contributed by atoms with E-state index in [0.717, 1.165) is 30.9 Å². The standard InChI is InChI=1S/C14H19FN4S/c1-10-14(20-9-18-10)8-19(2)6-5-12(16)13-4-3-11(15)7-17-13/h3-4,7,9,12H,5-6,8,16H2,1-2H3. The number of nitrogens with two attached hydrogens (primary N) is 1. The maximum absolute atomic E-state index is 12.8. The molecule has 2 rings (SSSR count). The van der Waals surface area contributed by atoms with Crippen molar-refractivity contribution in [3.8, 4) is 0 Å². The summed E-state index contributed by atoms with van der Waals surface area (Å²) >= 11 is 1.67. The summed E-state index contributed by atoms with van der Waals surface area (Å²) in [6, 6.07) is 2.88. The molecule has 1 atom stereocenters. The average Bonchev–Trinajstić information content (AvgIpc) is 2.82. The predicted molar refractivity (Wildman–Crippen MR) is 78.9 cm³/mol. The SMILES string of the molecule is Cc1ncsc1CN(C)CCC(N)c1ccc(F)cn1. The van der Waals surface area contributed by atoms with Gasteiger partial charge in [-0.1, -0.05) is 0 Å². The molecule has 0 saturated carbocycles. The van der Waals surface area contributed by atoms with Crippen molar-refractivity contribution < 1.29 is 4.39 Å². The van der Waals surface area contributed by atoms with Gasteiger partial charge in [0, 0.05) is 24.0 Å². The Hall–Kier alpha value is -1.37. The summed E-state index contributed by atoms with van der Waals surface area (Å²) in [6.07, 6.45) is 1.99. The van der Waals surface area contributed by atoms with Gasteiger partial charge in [-0.05, 0) is 32.5 Å². The topological polar surface area (TPSA) is 55.0 Å². The Balaban J connectivity index is 1.82. The number of halogens is 1. The van der Waals surface area contributed by atoms with E-state index in [2.05, 4.69) is 21.9 Å². The van der Waals surface area contributed by atoms with Crippen molar-refractivity contribution in [3.63, 3.8) is 0 Å². The average molecular weight is 294 g/mol. The first-order valence-electron chi connectivity index (χ1n) is 6.51. The van der Waals surface area contributed by atoms with Crippen molar-refractivity contribution in [2.45, 2.75) is 25.9 Å². The molecule has 2 aromatic rings. The van der Waals surface area contributed by atoms with E-state index in [1.807, 2.05) is 12.4 Å². The van der Waals surface area contributed by atoms with E-state index in [-0.39, 0.29) is 11.9 Å². The lowest BCUT2D eigenvalue weighted by Crippen LogP contribution is -2.23. The first-order chi connectivity index (χ1) is 9.56. The molecule has 0 fully saturated rings. The minimum absolute atomic E-state index is 0.166. The van der Waals surface area contributed by atoms with Crippen LogP contribution in [0.4, 0.5) is 4.39 Å². The Kier molecular flexibility index (Phi) is 5.17. The highest BCUT2D eigenvalue weighted by Crippen LogP contribution is 2.16. The summed E-state index contributed by atoms with van der Waals surface area (Å²) in [5.74, 6) is -0.335. The van der Waals surface area contributed by atoms with Crippen LogP contribution in [0.5, 0.6) is 0 Å². The minimum atomic E-state index is -0.335. The van der Waals surface area contributed by atoms with Crippen LogP contribution in [-0.2, 0) is 6.54 Å². The van der Waals surface area contributed by atoms with Gasteiger partial charge in [-0.3, -0.25) is 4.98 Å². The molecule has 0 aromatic carbocycles. The Morgan fingerprint density at radius 3 is 2.80 bits per heavy atom. The van der Waals surface area contributed by atoms with Gasteiger partial charge in [0.1, 0.15) is 5.82 Å². The van der Waals surface area contributed by atoms with Crippen molar-refractivity contribution in [1.29, 1.82) is 0 Å². The molecule has 0 aliphatic rings. The number of rotatable bonds is 6. The van der Waals surface area contributed by atoms with Gasteiger partial charge in [0.2, 0.25) is 0 Å². The second-order valence-corrected chi connectivity index (χ2v) is 5.83. The van der Waals surface area contributed by atoms with Crippen molar-refractivity contribution >= 4 is 11.3 Å². The molecule has 108 valence electrons. The van der Waals surface area contributed by atoms with Gasteiger partial charge in [-0.25, -0.2) is 9.37 Å². The summed E-state index contributed by atoms with van der Waals surface area (Å²) in [7, 11) is 2.06. The van der Waals surface area contributed by atoms with Gasteiger partial charge in [0.05, 0.1) is 23.1 Å². The molecular formula is C14H19FN4S. The summed E-state index contributed by atoms with van der Waals surface area (Å²) in [5.41, 5.74) is 9.76. The van der Waals surface area contributed by atoms with E-state index < -0.39 is 0 Å². The molecule has 2 heterocycles. The van der Waals surface area contributed by atoms with Gasteiger partial charge in [0.15, 0.2) is 0 Å². The highest BCUT2D eigenvalue weighted by Gasteiger charge is 2.11. The van der Waals surface area contributed by atoms with Crippen molar-refractivity contribution in [1.82, 2.24) is 14.9 Å². The van der Waals surface area contributed by atoms with Crippen LogP contribution in [0.2, 0.25) is 0 Å². The van der Waals surface area contributed by atoms with Crippen LogP contribution in [0.25, 0.3) is 0 Å². The Bertz CT molecular complexity index is 540. The molecule has 0 amide bonds.